The van der Waals surface area contributed by atoms with Gasteiger partial charge in [0.05, 0.1) is 11.8 Å². The fourth-order valence-corrected chi connectivity index (χ4v) is 2.62. The van der Waals surface area contributed by atoms with Crippen LogP contribution in [0.15, 0.2) is 42.6 Å². The number of rotatable bonds is 6. The number of pyridine rings is 1. The number of hydrogen-bond acceptors (Lipinski definition) is 4. The van der Waals surface area contributed by atoms with Crippen LogP contribution in [0.4, 0.5) is 20.3 Å². The Morgan fingerprint density at radius 2 is 1.96 bits per heavy atom. The van der Waals surface area contributed by atoms with Gasteiger partial charge >= 0.3 is 0 Å². The quantitative estimate of drug-likeness (QED) is 0.701. The first-order valence-electron chi connectivity index (χ1n) is 8.38. The average molecular weight is 358 g/mol. The van der Waals surface area contributed by atoms with E-state index in [0.29, 0.717) is 24.3 Å². The van der Waals surface area contributed by atoms with Gasteiger partial charge in [0.2, 0.25) is 0 Å². The molecule has 136 valence electrons. The molecular weight excluding hydrogens is 338 g/mol. The lowest BCUT2D eigenvalue weighted by Crippen LogP contribution is -2.12. The Hall–Kier alpha value is -2.80. The van der Waals surface area contributed by atoms with E-state index in [1.54, 1.807) is 16.9 Å². The van der Waals surface area contributed by atoms with Crippen LogP contribution in [-0.2, 0) is 6.42 Å². The fraction of sp³-hybridized carbons (Fsp3) is 0.263. The van der Waals surface area contributed by atoms with Gasteiger partial charge in [-0.3, -0.25) is 4.98 Å². The topological polar surface area (TPSA) is 63.0 Å². The first-order valence-corrected chi connectivity index (χ1v) is 8.38. The van der Waals surface area contributed by atoms with Crippen molar-refractivity contribution in [2.75, 3.05) is 5.32 Å². The average Bonchev–Trinajstić information content (AvgIpc) is 3.00. The van der Waals surface area contributed by atoms with E-state index in [-0.39, 0.29) is 0 Å². The Labute approximate surface area is 150 Å². The van der Waals surface area contributed by atoms with Gasteiger partial charge in [-0.15, -0.1) is 5.10 Å². The second-order valence-corrected chi connectivity index (χ2v) is 6.11. The molecule has 0 amide bonds. The van der Waals surface area contributed by atoms with E-state index in [2.05, 4.69) is 15.4 Å². The SMILES string of the molecule is CC[C@H](O)Cc1cc(Nc2ccc(F)c(F)c2)nn1-c1ccnc(C)c1. The Bertz CT molecular complexity index is 910. The van der Waals surface area contributed by atoms with Crippen molar-refractivity contribution in [2.45, 2.75) is 32.8 Å². The van der Waals surface area contributed by atoms with Crippen LogP contribution < -0.4 is 5.32 Å². The second-order valence-electron chi connectivity index (χ2n) is 6.11. The third-order valence-corrected chi connectivity index (χ3v) is 4.02. The van der Waals surface area contributed by atoms with E-state index in [0.717, 1.165) is 29.2 Å². The minimum Gasteiger partial charge on any atom is -0.393 e. The number of halogens is 2. The van der Waals surface area contributed by atoms with Crippen LogP contribution in [0.5, 0.6) is 0 Å². The molecular formula is C19H20F2N4O. The summed E-state index contributed by atoms with van der Waals surface area (Å²) < 4.78 is 28.2. The molecule has 0 fully saturated rings. The summed E-state index contributed by atoms with van der Waals surface area (Å²) >= 11 is 0. The van der Waals surface area contributed by atoms with Crippen LogP contribution in [-0.4, -0.2) is 26.0 Å². The van der Waals surface area contributed by atoms with Gasteiger partial charge in [-0.2, -0.15) is 0 Å². The molecule has 2 N–H and O–H groups in total. The predicted octanol–water partition coefficient (Wildman–Crippen LogP) is 3.91. The lowest BCUT2D eigenvalue weighted by Gasteiger charge is -2.10. The summed E-state index contributed by atoms with van der Waals surface area (Å²) in [6.45, 7) is 3.79. The Morgan fingerprint density at radius 3 is 2.65 bits per heavy atom. The van der Waals surface area contributed by atoms with Crippen molar-refractivity contribution in [3.8, 4) is 5.69 Å². The number of hydrogen-bond donors (Lipinski definition) is 2. The molecule has 2 heterocycles. The van der Waals surface area contributed by atoms with Crippen LogP contribution in [0, 0.1) is 18.6 Å². The standard InChI is InChI=1S/C19H20F2N4O/c1-3-16(26)10-15-11-19(23-13-4-5-17(20)18(21)9-13)24-25(15)14-6-7-22-12(2)8-14/h4-9,11,16,26H,3,10H2,1-2H3,(H,23,24)/t16-/m0/s1. The minimum atomic E-state index is -0.930. The van der Waals surface area contributed by atoms with E-state index in [9.17, 15) is 13.9 Å². The summed E-state index contributed by atoms with van der Waals surface area (Å²) in [5.74, 6) is -1.36. The molecule has 0 aliphatic carbocycles. The van der Waals surface area contributed by atoms with Crippen LogP contribution >= 0.6 is 0 Å². The predicted molar refractivity (Wildman–Crippen MR) is 95.7 cm³/mol. The molecule has 26 heavy (non-hydrogen) atoms. The maximum absolute atomic E-state index is 13.4. The molecule has 0 saturated heterocycles. The monoisotopic (exact) mass is 358 g/mol. The van der Waals surface area contributed by atoms with Crippen molar-refractivity contribution < 1.29 is 13.9 Å². The van der Waals surface area contributed by atoms with E-state index >= 15 is 0 Å². The van der Waals surface area contributed by atoms with Crippen molar-refractivity contribution in [1.29, 1.82) is 0 Å². The van der Waals surface area contributed by atoms with Crippen molar-refractivity contribution in [1.82, 2.24) is 14.8 Å². The molecule has 0 saturated carbocycles. The van der Waals surface area contributed by atoms with Gasteiger partial charge in [0, 0.05) is 41.8 Å². The number of aryl methyl sites for hydroxylation is 1. The zero-order chi connectivity index (χ0) is 18.7. The van der Waals surface area contributed by atoms with E-state index < -0.39 is 17.7 Å². The maximum atomic E-state index is 13.4. The Morgan fingerprint density at radius 1 is 1.15 bits per heavy atom. The highest BCUT2D eigenvalue weighted by Crippen LogP contribution is 2.22. The molecule has 5 nitrogen and oxygen atoms in total. The molecule has 2 aromatic heterocycles. The highest BCUT2D eigenvalue weighted by molar-refractivity contribution is 5.57. The van der Waals surface area contributed by atoms with Gasteiger partial charge in [-0.1, -0.05) is 6.92 Å². The second kappa shape index (κ2) is 7.61. The molecule has 3 rings (SSSR count). The Kier molecular flexibility index (Phi) is 5.27. The largest absolute Gasteiger partial charge is 0.393 e. The number of aliphatic hydroxyl groups excluding tert-OH is 1. The first kappa shape index (κ1) is 18.0. The van der Waals surface area contributed by atoms with E-state index in [4.69, 9.17) is 0 Å². The smallest absolute Gasteiger partial charge is 0.160 e. The lowest BCUT2D eigenvalue weighted by molar-refractivity contribution is 0.169. The first-order chi connectivity index (χ1) is 12.5. The van der Waals surface area contributed by atoms with Gasteiger partial charge in [-0.25, -0.2) is 13.5 Å². The number of benzene rings is 1. The number of nitrogens with zero attached hydrogens (tertiary/aromatic N) is 3. The number of aliphatic hydroxyl groups is 1. The highest BCUT2D eigenvalue weighted by Gasteiger charge is 2.14. The summed E-state index contributed by atoms with van der Waals surface area (Å²) in [6, 6.07) is 9.07. The van der Waals surface area contributed by atoms with Crippen LogP contribution in [0.25, 0.3) is 5.69 Å². The Balaban J connectivity index is 1.96. The van der Waals surface area contributed by atoms with Crippen molar-refractivity contribution in [3.63, 3.8) is 0 Å². The minimum absolute atomic E-state index is 0.391. The van der Waals surface area contributed by atoms with E-state index in [1.165, 1.54) is 6.07 Å². The van der Waals surface area contributed by atoms with Gasteiger partial charge in [0.25, 0.3) is 0 Å². The van der Waals surface area contributed by atoms with Gasteiger partial charge in [0.15, 0.2) is 17.5 Å². The number of nitrogens with one attached hydrogen (secondary N) is 1. The molecule has 0 aliphatic rings. The van der Waals surface area contributed by atoms with Crippen LogP contribution in [0.1, 0.15) is 24.7 Å². The zero-order valence-corrected chi connectivity index (χ0v) is 14.6. The summed E-state index contributed by atoms with van der Waals surface area (Å²) in [5, 5.41) is 17.5. The third-order valence-electron chi connectivity index (χ3n) is 4.02. The zero-order valence-electron chi connectivity index (χ0n) is 14.6. The van der Waals surface area contributed by atoms with Crippen molar-refractivity contribution in [2.24, 2.45) is 0 Å². The van der Waals surface area contributed by atoms with Crippen LogP contribution in [0.2, 0.25) is 0 Å². The molecule has 0 aliphatic heterocycles. The van der Waals surface area contributed by atoms with E-state index in [1.807, 2.05) is 26.0 Å². The number of aromatic nitrogens is 3. The van der Waals surface area contributed by atoms with Crippen molar-refractivity contribution in [3.05, 3.63) is 65.6 Å². The summed E-state index contributed by atoms with van der Waals surface area (Å²) in [4.78, 5) is 4.18. The van der Waals surface area contributed by atoms with Gasteiger partial charge < -0.3 is 10.4 Å². The van der Waals surface area contributed by atoms with Crippen LogP contribution in [0.3, 0.4) is 0 Å². The summed E-state index contributed by atoms with van der Waals surface area (Å²) in [5.41, 5.74) is 2.85. The molecule has 0 bridgehead atoms. The molecule has 3 aromatic rings. The van der Waals surface area contributed by atoms with Gasteiger partial charge in [0.1, 0.15) is 0 Å². The molecule has 7 heteroatoms. The molecule has 0 unspecified atom stereocenters. The molecule has 0 spiro atoms. The summed E-state index contributed by atoms with van der Waals surface area (Å²) in [7, 11) is 0. The lowest BCUT2D eigenvalue weighted by atomic mass is 10.1. The molecule has 0 radical (unpaired) electrons. The molecule has 1 aromatic carbocycles. The normalized spacial score (nSPS) is 12.2. The van der Waals surface area contributed by atoms with Crippen molar-refractivity contribution >= 4 is 11.5 Å². The third kappa shape index (κ3) is 4.05. The highest BCUT2D eigenvalue weighted by atomic mass is 19.2. The maximum Gasteiger partial charge on any atom is 0.160 e. The molecule has 1 atom stereocenters. The van der Waals surface area contributed by atoms with Gasteiger partial charge in [-0.05, 0) is 37.6 Å². The summed E-state index contributed by atoms with van der Waals surface area (Å²) in [6.07, 6.45) is 2.23. The number of anilines is 2. The fourth-order valence-electron chi connectivity index (χ4n) is 2.62.